The normalized spacial score (nSPS) is 11.6. The Morgan fingerprint density at radius 3 is 1.62 bits per heavy atom. The SMILES string of the molecule is c1ccc2cc(-c3cc(-c4ccc5ccccc5c4)c4cc(-c5ccc(-c6cnc7ccccc7c6)cc5)c5ccccc5c4n3)ccc2c1. The first-order valence-corrected chi connectivity index (χ1v) is 17.1. The van der Waals surface area contributed by atoms with Gasteiger partial charge in [0.1, 0.15) is 0 Å². The monoisotopic (exact) mass is 634 g/mol. The summed E-state index contributed by atoms with van der Waals surface area (Å²) in [6.07, 6.45) is 1.97. The predicted molar refractivity (Wildman–Crippen MR) is 211 cm³/mol. The quantitative estimate of drug-likeness (QED) is 0.180. The van der Waals surface area contributed by atoms with Gasteiger partial charge in [-0.15, -0.1) is 0 Å². The molecule has 0 aliphatic rings. The molecule has 0 fully saturated rings. The molecule has 10 rings (SSSR count). The van der Waals surface area contributed by atoms with Gasteiger partial charge in [-0.05, 0) is 91.1 Å². The van der Waals surface area contributed by atoms with Crippen LogP contribution in [0.1, 0.15) is 0 Å². The fraction of sp³-hybridized carbons (Fsp3) is 0. The third-order valence-corrected chi connectivity index (χ3v) is 10.0. The Morgan fingerprint density at radius 1 is 0.320 bits per heavy atom. The Morgan fingerprint density at radius 2 is 0.860 bits per heavy atom. The van der Waals surface area contributed by atoms with Gasteiger partial charge < -0.3 is 0 Å². The number of aromatic nitrogens is 2. The molecule has 0 aliphatic heterocycles. The van der Waals surface area contributed by atoms with Crippen molar-refractivity contribution in [3.05, 3.63) is 182 Å². The zero-order valence-electron chi connectivity index (χ0n) is 27.2. The van der Waals surface area contributed by atoms with E-state index in [0.717, 1.165) is 49.6 Å². The van der Waals surface area contributed by atoms with Crippen LogP contribution in [-0.4, -0.2) is 9.97 Å². The Labute approximate surface area is 290 Å². The van der Waals surface area contributed by atoms with Crippen molar-refractivity contribution in [1.82, 2.24) is 9.97 Å². The number of hydrogen-bond acceptors (Lipinski definition) is 2. The van der Waals surface area contributed by atoms with Crippen LogP contribution >= 0.6 is 0 Å². The van der Waals surface area contributed by atoms with Crippen LogP contribution in [0.2, 0.25) is 0 Å². The van der Waals surface area contributed by atoms with E-state index in [-0.39, 0.29) is 0 Å². The third kappa shape index (κ3) is 4.81. The zero-order valence-corrected chi connectivity index (χ0v) is 27.2. The number of nitrogens with zero attached hydrogens (tertiary/aromatic N) is 2. The van der Waals surface area contributed by atoms with E-state index in [9.17, 15) is 0 Å². The first kappa shape index (κ1) is 28.4. The van der Waals surface area contributed by atoms with E-state index in [0.29, 0.717) is 0 Å². The average molecular weight is 635 g/mol. The van der Waals surface area contributed by atoms with E-state index in [2.05, 4.69) is 170 Å². The average Bonchev–Trinajstić information content (AvgIpc) is 3.19. The number of rotatable bonds is 4. The first-order chi connectivity index (χ1) is 24.7. The van der Waals surface area contributed by atoms with Gasteiger partial charge in [-0.1, -0.05) is 140 Å². The van der Waals surface area contributed by atoms with Crippen molar-refractivity contribution < 1.29 is 0 Å². The summed E-state index contributed by atoms with van der Waals surface area (Å²) in [6.45, 7) is 0. The summed E-state index contributed by atoms with van der Waals surface area (Å²) in [7, 11) is 0. The van der Waals surface area contributed by atoms with Gasteiger partial charge >= 0.3 is 0 Å². The van der Waals surface area contributed by atoms with E-state index in [1.165, 1.54) is 49.2 Å². The molecule has 2 aromatic heterocycles. The predicted octanol–water partition coefficient (Wildman–Crippen LogP) is 12.9. The molecule has 2 heteroatoms. The molecule has 0 amide bonds. The molecule has 0 atom stereocenters. The van der Waals surface area contributed by atoms with Gasteiger partial charge in [-0.2, -0.15) is 0 Å². The number of hydrogen-bond donors (Lipinski definition) is 0. The molecule has 2 heterocycles. The van der Waals surface area contributed by atoms with Crippen molar-refractivity contribution in [3.63, 3.8) is 0 Å². The van der Waals surface area contributed by atoms with Crippen LogP contribution < -0.4 is 0 Å². The molecule has 10 aromatic rings. The van der Waals surface area contributed by atoms with Crippen molar-refractivity contribution in [2.75, 3.05) is 0 Å². The lowest BCUT2D eigenvalue weighted by Crippen LogP contribution is -1.93. The van der Waals surface area contributed by atoms with Crippen LogP contribution in [0.15, 0.2) is 182 Å². The summed E-state index contributed by atoms with van der Waals surface area (Å²) in [5, 5.41) is 9.51. The second-order valence-electron chi connectivity index (χ2n) is 13.0. The van der Waals surface area contributed by atoms with Crippen molar-refractivity contribution in [2.24, 2.45) is 0 Å². The molecule has 0 aliphatic carbocycles. The summed E-state index contributed by atoms with van der Waals surface area (Å²) < 4.78 is 0. The summed E-state index contributed by atoms with van der Waals surface area (Å²) in [6, 6.07) is 63.3. The topological polar surface area (TPSA) is 25.8 Å². The number of pyridine rings is 2. The molecular formula is C48H30N2. The minimum atomic E-state index is 0.970. The van der Waals surface area contributed by atoms with Gasteiger partial charge in [-0.3, -0.25) is 4.98 Å². The molecule has 0 N–H and O–H groups in total. The molecule has 8 aromatic carbocycles. The molecule has 0 bridgehead atoms. The standard InChI is InChI=1S/C48H30N2/c1-3-11-35-25-37(23-19-31(35)9-1)44-29-47(39-24-20-32-10-2-4-12-36(32)26-39)50-48-42-15-7-6-14-41(42)43(28-45(44)48)34-21-17-33(18-22-34)40-27-38-13-5-8-16-46(38)49-30-40/h1-30H. The Hall–Kier alpha value is -6.64. The lowest BCUT2D eigenvalue weighted by molar-refractivity contribution is 1.41. The van der Waals surface area contributed by atoms with Gasteiger partial charge in [0.2, 0.25) is 0 Å². The minimum Gasteiger partial charge on any atom is -0.256 e. The zero-order chi connectivity index (χ0) is 33.0. The Kier molecular flexibility index (Phi) is 6.53. The fourth-order valence-corrected chi connectivity index (χ4v) is 7.46. The maximum absolute atomic E-state index is 5.44. The highest BCUT2D eigenvalue weighted by Crippen LogP contribution is 2.41. The van der Waals surface area contributed by atoms with Gasteiger partial charge in [0.25, 0.3) is 0 Å². The van der Waals surface area contributed by atoms with Crippen molar-refractivity contribution in [2.45, 2.75) is 0 Å². The van der Waals surface area contributed by atoms with Crippen LogP contribution in [0.4, 0.5) is 0 Å². The number of fused-ring (bicyclic) bond motifs is 6. The van der Waals surface area contributed by atoms with E-state index in [4.69, 9.17) is 9.97 Å². The summed E-state index contributed by atoms with van der Waals surface area (Å²) in [5.41, 5.74) is 11.1. The van der Waals surface area contributed by atoms with Crippen LogP contribution in [0.5, 0.6) is 0 Å². The first-order valence-electron chi connectivity index (χ1n) is 17.1. The molecule has 0 spiro atoms. The highest BCUT2D eigenvalue weighted by Gasteiger charge is 2.17. The molecule has 0 saturated heterocycles. The smallest absolute Gasteiger partial charge is 0.0794 e. The van der Waals surface area contributed by atoms with Gasteiger partial charge in [0.15, 0.2) is 0 Å². The second-order valence-corrected chi connectivity index (χ2v) is 13.0. The van der Waals surface area contributed by atoms with Crippen molar-refractivity contribution in [3.8, 4) is 44.6 Å². The molecule has 0 saturated carbocycles. The molecule has 0 radical (unpaired) electrons. The van der Waals surface area contributed by atoms with Gasteiger partial charge in [0, 0.05) is 33.5 Å². The summed E-state index contributed by atoms with van der Waals surface area (Å²) in [5.74, 6) is 0. The largest absolute Gasteiger partial charge is 0.256 e. The maximum atomic E-state index is 5.44. The maximum Gasteiger partial charge on any atom is 0.0794 e. The fourth-order valence-electron chi connectivity index (χ4n) is 7.46. The Bertz CT molecular complexity index is 2920. The lowest BCUT2D eigenvalue weighted by atomic mass is 9.90. The van der Waals surface area contributed by atoms with E-state index in [1.807, 2.05) is 12.3 Å². The minimum absolute atomic E-state index is 0.970. The molecule has 0 unspecified atom stereocenters. The van der Waals surface area contributed by atoms with Gasteiger partial charge in [-0.25, -0.2) is 4.98 Å². The molecular weight excluding hydrogens is 605 g/mol. The van der Waals surface area contributed by atoms with E-state index < -0.39 is 0 Å². The van der Waals surface area contributed by atoms with E-state index in [1.54, 1.807) is 0 Å². The molecule has 50 heavy (non-hydrogen) atoms. The van der Waals surface area contributed by atoms with E-state index >= 15 is 0 Å². The van der Waals surface area contributed by atoms with Gasteiger partial charge in [0.05, 0.1) is 16.7 Å². The highest BCUT2D eigenvalue weighted by molar-refractivity contribution is 6.16. The second kappa shape index (κ2) is 11.5. The summed E-state index contributed by atoms with van der Waals surface area (Å²) >= 11 is 0. The summed E-state index contributed by atoms with van der Waals surface area (Å²) in [4.78, 5) is 10.1. The Balaban J connectivity index is 1.19. The van der Waals surface area contributed by atoms with Crippen LogP contribution in [-0.2, 0) is 0 Å². The number of para-hydroxylation sites is 1. The van der Waals surface area contributed by atoms with Crippen LogP contribution in [0.25, 0.3) is 98.8 Å². The third-order valence-electron chi connectivity index (χ3n) is 10.0. The van der Waals surface area contributed by atoms with Crippen LogP contribution in [0, 0.1) is 0 Å². The van der Waals surface area contributed by atoms with Crippen LogP contribution in [0.3, 0.4) is 0 Å². The van der Waals surface area contributed by atoms with Crippen molar-refractivity contribution >= 4 is 54.1 Å². The molecule has 2 nitrogen and oxygen atoms in total. The highest BCUT2D eigenvalue weighted by atomic mass is 14.7. The lowest BCUT2D eigenvalue weighted by Gasteiger charge is -2.16. The number of benzene rings is 8. The molecule has 232 valence electrons. The van der Waals surface area contributed by atoms with Crippen molar-refractivity contribution in [1.29, 1.82) is 0 Å².